The molecule has 2 rings (SSSR count). The molecule has 0 saturated heterocycles. The van der Waals surface area contributed by atoms with Crippen molar-refractivity contribution < 1.29 is 13.9 Å². The fraction of sp³-hybridized carbons (Fsp3) is 0.133. The van der Waals surface area contributed by atoms with Crippen molar-refractivity contribution in [2.45, 2.75) is 6.92 Å². The summed E-state index contributed by atoms with van der Waals surface area (Å²) in [7, 11) is 0. The zero-order chi connectivity index (χ0) is 14.5. The molecule has 20 heavy (non-hydrogen) atoms. The molecule has 0 aromatic heterocycles. The molecule has 0 saturated carbocycles. The van der Waals surface area contributed by atoms with E-state index < -0.39 is 5.82 Å². The Hall–Kier alpha value is -2.56. The molecule has 2 aromatic carbocycles. The normalized spacial score (nSPS) is 10.1. The molecule has 104 valence electrons. The summed E-state index contributed by atoms with van der Waals surface area (Å²) >= 11 is 0. The first kappa shape index (κ1) is 13.9. The Kier molecular flexibility index (Phi) is 4.20. The average molecular weight is 274 g/mol. The highest BCUT2D eigenvalue weighted by Crippen LogP contribution is 2.19. The van der Waals surface area contributed by atoms with Gasteiger partial charge in [-0.1, -0.05) is 18.2 Å². The number of hydrogen-bond donors (Lipinski definition) is 2. The van der Waals surface area contributed by atoms with E-state index in [1.807, 2.05) is 0 Å². The molecule has 0 fully saturated rings. The molecule has 5 heteroatoms. The minimum atomic E-state index is -0.454. The van der Waals surface area contributed by atoms with Gasteiger partial charge in [-0.15, -0.1) is 0 Å². The number of halogens is 1. The van der Waals surface area contributed by atoms with Crippen LogP contribution < -0.4 is 15.8 Å². The predicted molar refractivity (Wildman–Crippen MR) is 76.1 cm³/mol. The Bertz CT molecular complexity index is 629. The van der Waals surface area contributed by atoms with Crippen LogP contribution in [0.5, 0.6) is 5.75 Å². The number of carbonyl (C=O) groups excluding carboxylic acids is 1. The summed E-state index contributed by atoms with van der Waals surface area (Å²) in [6, 6.07) is 11.6. The molecule has 0 aliphatic carbocycles. The summed E-state index contributed by atoms with van der Waals surface area (Å²) in [5, 5.41) is 2.62. The number of nitrogens with one attached hydrogen (secondary N) is 1. The van der Waals surface area contributed by atoms with E-state index in [2.05, 4.69) is 5.32 Å². The van der Waals surface area contributed by atoms with E-state index in [4.69, 9.17) is 10.5 Å². The Morgan fingerprint density at radius 1 is 1.30 bits per heavy atom. The molecule has 0 unspecified atom stereocenters. The number of aryl methyl sites for hydroxylation is 1. The van der Waals surface area contributed by atoms with Crippen LogP contribution in [0.4, 0.5) is 15.8 Å². The molecule has 0 spiro atoms. The lowest BCUT2D eigenvalue weighted by Crippen LogP contribution is -2.20. The van der Waals surface area contributed by atoms with E-state index in [9.17, 15) is 9.18 Å². The largest absolute Gasteiger partial charge is 0.481 e. The summed E-state index contributed by atoms with van der Waals surface area (Å²) in [4.78, 5) is 11.7. The Balaban J connectivity index is 1.94. The fourth-order valence-electron chi connectivity index (χ4n) is 1.69. The molecule has 1 amide bonds. The van der Waals surface area contributed by atoms with E-state index >= 15 is 0 Å². The van der Waals surface area contributed by atoms with Crippen LogP contribution >= 0.6 is 0 Å². The van der Waals surface area contributed by atoms with E-state index in [1.54, 1.807) is 43.3 Å². The monoisotopic (exact) mass is 274 g/mol. The van der Waals surface area contributed by atoms with Crippen LogP contribution in [0.25, 0.3) is 0 Å². The van der Waals surface area contributed by atoms with Gasteiger partial charge in [0.25, 0.3) is 5.91 Å². The maximum absolute atomic E-state index is 13.7. The second kappa shape index (κ2) is 6.06. The Labute approximate surface area is 116 Å². The number of nitrogens with two attached hydrogens (primary N) is 1. The number of carbonyl (C=O) groups is 1. The third-order valence-corrected chi connectivity index (χ3v) is 2.69. The van der Waals surface area contributed by atoms with Crippen LogP contribution in [0, 0.1) is 12.7 Å². The number of anilines is 2. The molecule has 0 atom stereocenters. The van der Waals surface area contributed by atoms with Crippen molar-refractivity contribution in [3.63, 3.8) is 0 Å². The van der Waals surface area contributed by atoms with Crippen molar-refractivity contribution in [1.82, 2.24) is 0 Å². The number of benzene rings is 2. The molecule has 2 aromatic rings. The third-order valence-electron chi connectivity index (χ3n) is 2.69. The Morgan fingerprint density at radius 2 is 2.05 bits per heavy atom. The van der Waals surface area contributed by atoms with Crippen LogP contribution in [0.2, 0.25) is 0 Å². The maximum Gasteiger partial charge on any atom is 0.262 e. The van der Waals surface area contributed by atoms with Crippen LogP contribution in [0.1, 0.15) is 5.56 Å². The number of rotatable bonds is 4. The standard InChI is InChI=1S/C15H15FN2O2/c1-10-4-2-7-13(15(10)16)20-9-14(19)18-12-6-3-5-11(17)8-12/h2-8H,9,17H2,1H3,(H,18,19). The van der Waals surface area contributed by atoms with Crippen LogP contribution in [0.3, 0.4) is 0 Å². The highest BCUT2D eigenvalue weighted by atomic mass is 19.1. The van der Waals surface area contributed by atoms with Gasteiger partial charge >= 0.3 is 0 Å². The van der Waals surface area contributed by atoms with Gasteiger partial charge in [0.05, 0.1) is 0 Å². The zero-order valence-electron chi connectivity index (χ0n) is 11.0. The second-order valence-corrected chi connectivity index (χ2v) is 4.35. The summed E-state index contributed by atoms with van der Waals surface area (Å²) in [5.41, 5.74) is 7.20. The van der Waals surface area contributed by atoms with E-state index in [0.29, 0.717) is 16.9 Å². The van der Waals surface area contributed by atoms with Gasteiger partial charge < -0.3 is 15.8 Å². The highest BCUT2D eigenvalue weighted by molar-refractivity contribution is 5.92. The van der Waals surface area contributed by atoms with Crippen molar-refractivity contribution >= 4 is 17.3 Å². The number of hydrogen-bond acceptors (Lipinski definition) is 3. The molecular formula is C15H15FN2O2. The predicted octanol–water partition coefficient (Wildman–Crippen LogP) is 2.73. The molecule has 0 bridgehead atoms. The molecule has 4 nitrogen and oxygen atoms in total. The Morgan fingerprint density at radius 3 is 2.80 bits per heavy atom. The first-order valence-electron chi connectivity index (χ1n) is 6.09. The summed E-state index contributed by atoms with van der Waals surface area (Å²) in [5.74, 6) is -0.770. The van der Waals surface area contributed by atoms with E-state index in [0.717, 1.165) is 0 Å². The quantitative estimate of drug-likeness (QED) is 0.842. The fourth-order valence-corrected chi connectivity index (χ4v) is 1.69. The van der Waals surface area contributed by atoms with Gasteiger partial charge in [-0.25, -0.2) is 4.39 Å². The van der Waals surface area contributed by atoms with Gasteiger partial charge in [0, 0.05) is 11.4 Å². The van der Waals surface area contributed by atoms with Gasteiger partial charge in [-0.3, -0.25) is 4.79 Å². The molecule has 0 aliphatic heterocycles. The highest BCUT2D eigenvalue weighted by Gasteiger charge is 2.08. The van der Waals surface area contributed by atoms with Gasteiger partial charge in [-0.2, -0.15) is 0 Å². The summed E-state index contributed by atoms with van der Waals surface area (Å²) in [6.45, 7) is 1.37. The third kappa shape index (κ3) is 3.47. The topological polar surface area (TPSA) is 64.3 Å². The lowest BCUT2D eigenvalue weighted by molar-refractivity contribution is -0.118. The minimum Gasteiger partial charge on any atom is -0.481 e. The van der Waals surface area contributed by atoms with Crippen molar-refractivity contribution in [1.29, 1.82) is 0 Å². The summed E-state index contributed by atoms with van der Waals surface area (Å²) < 4.78 is 18.8. The average Bonchev–Trinajstić information content (AvgIpc) is 2.40. The maximum atomic E-state index is 13.7. The van der Waals surface area contributed by atoms with Gasteiger partial charge in [0.2, 0.25) is 0 Å². The zero-order valence-corrected chi connectivity index (χ0v) is 11.0. The van der Waals surface area contributed by atoms with Gasteiger partial charge in [-0.05, 0) is 36.8 Å². The van der Waals surface area contributed by atoms with Crippen molar-refractivity contribution in [2.75, 3.05) is 17.7 Å². The van der Waals surface area contributed by atoms with Crippen LogP contribution in [0.15, 0.2) is 42.5 Å². The smallest absolute Gasteiger partial charge is 0.262 e. The molecular weight excluding hydrogens is 259 g/mol. The first-order chi connectivity index (χ1) is 9.56. The lowest BCUT2D eigenvalue weighted by atomic mass is 10.2. The second-order valence-electron chi connectivity index (χ2n) is 4.35. The SMILES string of the molecule is Cc1cccc(OCC(=O)Nc2cccc(N)c2)c1F. The first-order valence-corrected chi connectivity index (χ1v) is 6.09. The summed E-state index contributed by atoms with van der Waals surface area (Å²) in [6.07, 6.45) is 0. The van der Waals surface area contributed by atoms with E-state index in [-0.39, 0.29) is 18.3 Å². The minimum absolute atomic E-state index is 0.0627. The van der Waals surface area contributed by atoms with Crippen molar-refractivity contribution in [3.05, 3.63) is 53.8 Å². The number of ether oxygens (including phenoxy) is 1. The molecule has 0 aliphatic rings. The van der Waals surface area contributed by atoms with Gasteiger partial charge in [0.15, 0.2) is 18.2 Å². The molecule has 0 heterocycles. The van der Waals surface area contributed by atoms with Crippen molar-refractivity contribution in [3.8, 4) is 5.75 Å². The van der Waals surface area contributed by atoms with E-state index in [1.165, 1.54) is 6.07 Å². The van der Waals surface area contributed by atoms with Crippen LogP contribution in [-0.2, 0) is 4.79 Å². The molecule has 0 radical (unpaired) electrons. The van der Waals surface area contributed by atoms with Crippen molar-refractivity contribution in [2.24, 2.45) is 0 Å². The molecule has 3 N–H and O–H groups in total. The number of amides is 1. The lowest BCUT2D eigenvalue weighted by Gasteiger charge is -2.09. The number of nitrogen functional groups attached to an aromatic ring is 1. The van der Waals surface area contributed by atoms with Crippen LogP contribution in [-0.4, -0.2) is 12.5 Å². The van der Waals surface area contributed by atoms with Gasteiger partial charge in [0.1, 0.15) is 0 Å².